The maximum absolute atomic E-state index is 12.8. The number of carboxylic acids is 1. The van der Waals surface area contributed by atoms with E-state index in [-0.39, 0.29) is 11.8 Å². The Morgan fingerprint density at radius 2 is 2.10 bits per heavy atom. The smallest absolute Gasteiger partial charge is 0.326 e. The van der Waals surface area contributed by atoms with E-state index in [1.807, 2.05) is 0 Å². The predicted octanol–water partition coefficient (Wildman–Crippen LogP) is 2.97. The Bertz CT molecular complexity index is 601. The molecule has 0 spiro atoms. The van der Waals surface area contributed by atoms with E-state index in [0.717, 1.165) is 19.3 Å². The third-order valence-corrected chi connectivity index (χ3v) is 5.31. The third-order valence-electron chi connectivity index (χ3n) is 4.90. The van der Waals surface area contributed by atoms with Gasteiger partial charge in [-0.25, -0.2) is 4.79 Å². The number of benzene rings is 1. The molecule has 1 aliphatic carbocycles. The van der Waals surface area contributed by atoms with E-state index in [0.29, 0.717) is 28.6 Å². The SMILES string of the molecule is Cc1c(Cl)cccc1C(=O)N1CC2CCCC2C1C(=O)O. The highest BCUT2D eigenvalue weighted by molar-refractivity contribution is 6.31. The maximum Gasteiger partial charge on any atom is 0.326 e. The molecule has 21 heavy (non-hydrogen) atoms. The molecule has 2 fully saturated rings. The van der Waals surface area contributed by atoms with Crippen LogP contribution in [0.5, 0.6) is 0 Å². The van der Waals surface area contributed by atoms with Gasteiger partial charge < -0.3 is 10.0 Å². The number of likely N-dealkylation sites (tertiary alicyclic amines) is 1. The van der Waals surface area contributed by atoms with E-state index in [9.17, 15) is 14.7 Å². The number of aliphatic carboxylic acids is 1. The molecule has 1 heterocycles. The minimum Gasteiger partial charge on any atom is -0.480 e. The Balaban J connectivity index is 1.93. The fraction of sp³-hybridized carbons (Fsp3) is 0.500. The van der Waals surface area contributed by atoms with Crippen LogP contribution < -0.4 is 0 Å². The van der Waals surface area contributed by atoms with Crippen molar-refractivity contribution in [3.05, 3.63) is 34.3 Å². The standard InChI is InChI=1S/C16H18ClNO3/c1-9-11(5-3-7-13(9)17)15(19)18-8-10-4-2-6-12(10)14(18)16(20)21/h3,5,7,10,12,14H,2,4,6,8H2,1H3,(H,20,21). The van der Waals surface area contributed by atoms with Gasteiger partial charge in [-0.1, -0.05) is 24.1 Å². The second-order valence-corrected chi connectivity index (χ2v) is 6.42. The van der Waals surface area contributed by atoms with Gasteiger partial charge in [0.1, 0.15) is 6.04 Å². The Kier molecular flexibility index (Phi) is 3.66. The van der Waals surface area contributed by atoms with Crippen molar-refractivity contribution in [2.45, 2.75) is 32.2 Å². The molecule has 3 unspecified atom stereocenters. The van der Waals surface area contributed by atoms with Crippen LogP contribution in [0.2, 0.25) is 5.02 Å². The highest BCUT2D eigenvalue weighted by atomic mass is 35.5. The molecule has 1 amide bonds. The molecule has 5 heteroatoms. The summed E-state index contributed by atoms with van der Waals surface area (Å²) in [5.41, 5.74) is 1.22. The van der Waals surface area contributed by atoms with E-state index in [1.54, 1.807) is 25.1 Å². The molecule has 3 atom stereocenters. The zero-order valence-electron chi connectivity index (χ0n) is 11.9. The van der Waals surface area contributed by atoms with Crippen LogP contribution in [0.15, 0.2) is 18.2 Å². The van der Waals surface area contributed by atoms with Gasteiger partial charge in [0.2, 0.25) is 0 Å². The minimum atomic E-state index is -0.891. The molecule has 4 nitrogen and oxygen atoms in total. The summed E-state index contributed by atoms with van der Waals surface area (Å²) < 4.78 is 0. The monoisotopic (exact) mass is 307 g/mol. The first-order valence-corrected chi connectivity index (χ1v) is 7.67. The van der Waals surface area contributed by atoms with Crippen LogP contribution in [0.4, 0.5) is 0 Å². The number of carbonyl (C=O) groups is 2. The van der Waals surface area contributed by atoms with Gasteiger partial charge in [-0.05, 0) is 49.3 Å². The lowest BCUT2D eigenvalue weighted by Crippen LogP contribution is -2.43. The van der Waals surface area contributed by atoms with Crippen LogP contribution in [0.1, 0.15) is 35.2 Å². The molecule has 0 radical (unpaired) electrons. The molecule has 0 aromatic heterocycles. The number of carbonyl (C=O) groups excluding carboxylic acids is 1. The van der Waals surface area contributed by atoms with Crippen molar-refractivity contribution >= 4 is 23.5 Å². The van der Waals surface area contributed by atoms with E-state index in [1.165, 1.54) is 4.90 Å². The van der Waals surface area contributed by atoms with Crippen LogP contribution in [0.3, 0.4) is 0 Å². The van der Waals surface area contributed by atoms with Crippen LogP contribution in [-0.2, 0) is 4.79 Å². The van der Waals surface area contributed by atoms with E-state index >= 15 is 0 Å². The minimum absolute atomic E-state index is 0.103. The van der Waals surface area contributed by atoms with Crippen LogP contribution in [0.25, 0.3) is 0 Å². The highest BCUT2D eigenvalue weighted by Crippen LogP contribution is 2.43. The van der Waals surface area contributed by atoms with Gasteiger partial charge >= 0.3 is 5.97 Å². The van der Waals surface area contributed by atoms with Crippen molar-refractivity contribution in [2.24, 2.45) is 11.8 Å². The second kappa shape index (κ2) is 5.34. The molecule has 0 bridgehead atoms. The first-order chi connectivity index (χ1) is 10.0. The van der Waals surface area contributed by atoms with Crippen molar-refractivity contribution in [3.63, 3.8) is 0 Å². The number of hydrogen-bond donors (Lipinski definition) is 1. The summed E-state index contributed by atoms with van der Waals surface area (Å²) in [5, 5.41) is 10.1. The van der Waals surface area contributed by atoms with Crippen molar-refractivity contribution in [1.29, 1.82) is 0 Å². The quantitative estimate of drug-likeness (QED) is 0.914. The number of fused-ring (bicyclic) bond motifs is 1. The summed E-state index contributed by atoms with van der Waals surface area (Å²) in [5.74, 6) is -0.672. The van der Waals surface area contributed by atoms with Crippen molar-refractivity contribution in [1.82, 2.24) is 4.90 Å². The molecule has 1 aromatic rings. The van der Waals surface area contributed by atoms with Crippen LogP contribution in [-0.4, -0.2) is 34.5 Å². The molecule has 1 aliphatic heterocycles. The maximum atomic E-state index is 12.8. The van der Waals surface area contributed by atoms with Gasteiger partial charge in [-0.2, -0.15) is 0 Å². The first-order valence-electron chi connectivity index (χ1n) is 7.29. The van der Waals surface area contributed by atoms with E-state index < -0.39 is 12.0 Å². The fourth-order valence-corrected chi connectivity index (χ4v) is 4.00. The molecular formula is C16H18ClNO3. The number of amides is 1. The molecule has 1 N–H and O–H groups in total. The summed E-state index contributed by atoms with van der Waals surface area (Å²) in [4.78, 5) is 25.9. The molecular weight excluding hydrogens is 290 g/mol. The van der Waals surface area contributed by atoms with Gasteiger partial charge in [-0.3, -0.25) is 4.79 Å². The lowest BCUT2D eigenvalue weighted by atomic mass is 9.94. The Morgan fingerprint density at radius 1 is 1.33 bits per heavy atom. The Hall–Kier alpha value is -1.55. The number of carboxylic acid groups (broad SMARTS) is 1. The van der Waals surface area contributed by atoms with Gasteiger partial charge in [0.05, 0.1) is 0 Å². The molecule has 112 valence electrons. The zero-order valence-corrected chi connectivity index (χ0v) is 12.6. The molecule has 2 aliphatic rings. The summed E-state index contributed by atoms with van der Waals surface area (Å²) in [6.07, 6.45) is 2.99. The number of nitrogens with zero attached hydrogens (tertiary/aromatic N) is 1. The number of hydrogen-bond acceptors (Lipinski definition) is 2. The number of rotatable bonds is 2. The zero-order chi connectivity index (χ0) is 15.1. The van der Waals surface area contributed by atoms with Crippen LogP contribution in [0, 0.1) is 18.8 Å². The largest absolute Gasteiger partial charge is 0.480 e. The molecule has 1 saturated heterocycles. The van der Waals surface area contributed by atoms with Gasteiger partial charge in [0, 0.05) is 17.1 Å². The van der Waals surface area contributed by atoms with Crippen molar-refractivity contribution in [3.8, 4) is 0 Å². The van der Waals surface area contributed by atoms with Crippen LogP contribution >= 0.6 is 11.6 Å². The lowest BCUT2D eigenvalue weighted by molar-refractivity contribution is -0.142. The van der Waals surface area contributed by atoms with Crippen molar-refractivity contribution < 1.29 is 14.7 Å². The summed E-state index contributed by atoms with van der Waals surface area (Å²) >= 11 is 6.07. The average Bonchev–Trinajstić information content (AvgIpc) is 3.00. The highest BCUT2D eigenvalue weighted by Gasteiger charge is 2.49. The summed E-state index contributed by atoms with van der Waals surface area (Å²) in [6, 6.07) is 4.50. The predicted molar refractivity (Wildman–Crippen MR) is 79.5 cm³/mol. The molecule has 3 rings (SSSR count). The van der Waals surface area contributed by atoms with E-state index in [4.69, 9.17) is 11.6 Å². The van der Waals surface area contributed by atoms with Gasteiger partial charge in [0.25, 0.3) is 5.91 Å². The normalized spacial score (nSPS) is 27.7. The molecule has 1 aromatic carbocycles. The Labute approximate surface area is 128 Å². The first kappa shape index (κ1) is 14.4. The summed E-state index contributed by atoms with van der Waals surface area (Å²) in [6.45, 7) is 2.34. The number of halogens is 1. The van der Waals surface area contributed by atoms with Gasteiger partial charge in [-0.15, -0.1) is 0 Å². The topological polar surface area (TPSA) is 57.6 Å². The summed E-state index contributed by atoms with van der Waals surface area (Å²) in [7, 11) is 0. The Morgan fingerprint density at radius 3 is 2.81 bits per heavy atom. The second-order valence-electron chi connectivity index (χ2n) is 6.01. The lowest BCUT2D eigenvalue weighted by Gasteiger charge is -2.25. The fourth-order valence-electron chi connectivity index (χ4n) is 3.82. The average molecular weight is 308 g/mol. The van der Waals surface area contributed by atoms with E-state index in [2.05, 4.69) is 0 Å². The van der Waals surface area contributed by atoms with Gasteiger partial charge in [0.15, 0.2) is 0 Å². The van der Waals surface area contributed by atoms with Crippen molar-refractivity contribution in [2.75, 3.05) is 6.54 Å². The molecule has 1 saturated carbocycles. The third kappa shape index (κ3) is 2.31.